The van der Waals surface area contributed by atoms with Crippen LogP contribution in [0.25, 0.3) is 0 Å². The monoisotopic (exact) mass is 392 g/mol. The number of hydrogen-bond acceptors (Lipinski definition) is 5. The van der Waals surface area contributed by atoms with Gasteiger partial charge in [-0.3, -0.25) is 14.7 Å². The van der Waals surface area contributed by atoms with Crippen LogP contribution >= 0.6 is 0 Å². The van der Waals surface area contributed by atoms with Gasteiger partial charge < -0.3 is 15.4 Å². The van der Waals surface area contributed by atoms with E-state index in [0.717, 1.165) is 30.8 Å². The molecule has 0 saturated carbocycles. The Morgan fingerprint density at radius 2 is 1.86 bits per heavy atom. The van der Waals surface area contributed by atoms with E-state index in [2.05, 4.69) is 25.6 Å². The molecule has 0 spiro atoms. The number of aromatic nitrogens is 2. The van der Waals surface area contributed by atoms with Gasteiger partial charge in [0.15, 0.2) is 5.82 Å². The van der Waals surface area contributed by atoms with Crippen LogP contribution in [0.1, 0.15) is 34.0 Å². The molecular formula is C22H24N4O3. The molecule has 1 saturated heterocycles. The number of carbonyl (C=O) groups is 2. The lowest BCUT2D eigenvalue weighted by Gasteiger charge is -2.03. The smallest absolute Gasteiger partial charge is 0.293 e. The number of benzene rings is 2. The van der Waals surface area contributed by atoms with Crippen LogP contribution in [0.3, 0.4) is 0 Å². The van der Waals surface area contributed by atoms with E-state index >= 15 is 0 Å². The molecule has 4 rings (SSSR count). The lowest BCUT2D eigenvalue weighted by Crippen LogP contribution is -2.11. The molecule has 1 aliphatic heterocycles. The predicted octanol–water partition coefficient (Wildman–Crippen LogP) is 3.10. The van der Waals surface area contributed by atoms with Crippen molar-refractivity contribution in [3.8, 4) is 0 Å². The van der Waals surface area contributed by atoms with Crippen LogP contribution in [0.5, 0.6) is 0 Å². The van der Waals surface area contributed by atoms with E-state index in [1.54, 1.807) is 12.1 Å². The molecule has 0 radical (unpaired) electrons. The fourth-order valence-electron chi connectivity index (χ4n) is 3.01. The molecule has 2 aromatic carbocycles. The molecule has 3 aromatic rings. The maximum atomic E-state index is 12.0. The van der Waals surface area contributed by atoms with E-state index in [1.165, 1.54) is 0 Å². The Morgan fingerprint density at radius 3 is 2.52 bits per heavy atom. The molecule has 0 aliphatic carbocycles. The Kier molecular flexibility index (Phi) is 7.54. The summed E-state index contributed by atoms with van der Waals surface area (Å²) in [5.41, 5.74) is 2.72. The molecule has 0 bridgehead atoms. The number of carbonyl (C=O) groups excluding carboxylic acids is 2. The van der Waals surface area contributed by atoms with E-state index in [1.807, 2.05) is 54.6 Å². The van der Waals surface area contributed by atoms with Crippen LogP contribution in [0.4, 0.5) is 5.82 Å². The number of aromatic amines is 1. The van der Waals surface area contributed by atoms with Crippen LogP contribution in [0.2, 0.25) is 0 Å². The third kappa shape index (κ3) is 6.29. The van der Waals surface area contributed by atoms with Gasteiger partial charge in [-0.15, -0.1) is 0 Å². The molecule has 150 valence electrons. The van der Waals surface area contributed by atoms with Crippen molar-refractivity contribution < 1.29 is 14.3 Å². The molecule has 3 N–H and O–H groups in total. The average molecular weight is 392 g/mol. The second kappa shape index (κ2) is 10.8. The first-order valence-electron chi connectivity index (χ1n) is 9.48. The van der Waals surface area contributed by atoms with Crippen molar-refractivity contribution >= 4 is 18.2 Å². The number of H-pyrrole nitrogens is 1. The third-order valence-electron chi connectivity index (χ3n) is 4.54. The van der Waals surface area contributed by atoms with Crippen LogP contribution in [-0.2, 0) is 16.1 Å². The van der Waals surface area contributed by atoms with Gasteiger partial charge >= 0.3 is 0 Å². The van der Waals surface area contributed by atoms with E-state index in [-0.39, 0.29) is 5.91 Å². The summed E-state index contributed by atoms with van der Waals surface area (Å²) in [6.07, 6.45) is 1.11. The van der Waals surface area contributed by atoms with Crippen molar-refractivity contribution in [3.05, 3.63) is 83.6 Å². The highest BCUT2D eigenvalue weighted by Crippen LogP contribution is 2.22. The Bertz CT molecular complexity index is 891. The highest BCUT2D eigenvalue weighted by molar-refractivity contribution is 6.03. The Hall–Kier alpha value is -3.45. The van der Waals surface area contributed by atoms with Crippen molar-refractivity contribution in [2.24, 2.45) is 0 Å². The highest BCUT2D eigenvalue weighted by atomic mass is 16.5. The maximum absolute atomic E-state index is 12.0. The summed E-state index contributed by atoms with van der Waals surface area (Å²) in [6, 6.07) is 20.6. The first kappa shape index (κ1) is 20.3. The zero-order chi connectivity index (χ0) is 20.3. The van der Waals surface area contributed by atoms with Gasteiger partial charge in [0, 0.05) is 29.8 Å². The van der Waals surface area contributed by atoms with E-state index in [0.29, 0.717) is 30.4 Å². The van der Waals surface area contributed by atoms with Gasteiger partial charge in [-0.05, 0) is 30.7 Å². The second-order valence-corrected chi connectivity index (χ2v) is 6.61. The van der Waals surface area contributed by atoms with Crippen LogP contribution in [-0.4, -0.2) is 35.7 Å². The molecule has 7 heteroatoms. The molecule has 1 unspecified atom stereocenters. The topological polar surface area (TPSA) is 96.1 Å². The SMILES string of the molecule is O=C(Nc1cc(C2CCNC2)[nH]n1)c1ccccc1.O=COCc1ccccc1. The zero-order valence-electron chi connectivity index (χ0n) is 16.0. The third-order valence-corrected chi connectivity index (χ3v) is 4.54. The quantitative estimate of drug-likeness (QED) is 0.560. The number of anilines is 1. The lowest BCUT2D eigenvalue weighted by molar-refractivity contribution is -0.129. The van der Waals surface area contributed by atoms with Gasteiger partial charge in [0.25, 0.3) is 12.4 Å². The van der Waals surface area contributed by atoms with Gasteiger partial charge in [0.05, 0.1) is 0 Å². The molecule has 1 atom stereocenters. The zero-order valence-corrected chi connectivity index (χ0v) is 16.0. The molecule has 1 fully saturated rings. The lowest BCUT2D eigenvalue weighted by atomic mass is 10.1. The molecular weight excluding hydrogens is 368 g/mol. The fourth-order valence-corrected chi connectivity index (χ4v) is 3.01. The largest absolute Gasteiger partial charge is 0.463 e. The number of nitrogens with one attached hydrogen (secondary N) is 3. The normalized spacial score (nSPS) is 15.1. The second-order valence-electron chi connectivity index (χ2n) is 6.61. The average Bonchev–Trinajstić information content (AvgIpc) is 3.46. The summed E-state index contributed by atoms with van der Waals surface area (Å²) in [5, 5.41) is 13.3. The number of rotatable bonds is 6. The Labute approximate surface area is 169 Å². The van der Waals surface area contributed by atoms with Crippen molar-refractivity contribution in [2.45, 2.75) is 18.9 Å². The molecule has 2 heterocycles. The first-order valence-corrected chi connectivity index (χ1v) is 9.48. The molecule has 7 nitrogen and oxygen atoms in total. The summed E-state index contributed by atoms with van der Waals surface area (Å²) < 4.78 is 4.54. The first-order chi connectivity index (χ1) is 14.3. The van der Waals surface area contributed by atoms with Crippen LogP contribution in [0, 0.1) is 0 Å². The van der Waals surface area contributed by atoms with Gasteiger partial charge in [-0.1, -0.05) is 48.5 Å². The van der Waals surface area contributed by atoms with Gasteiger partial charge in [-0.25, -0.2) is 0 Å². The Morgan fingerprint density at radius 1 is 1.14 bits per heavy atom. The number of ether oxygens (including phenoxy) is 1. The van der Waals surface area contributed by atoms with E-state index in [9.17, 15) is 9.59 Å². The van der Waals surface area contributed by atoms with Gasteiger partial charge in [0.1, 0.15) is 6.61 Å². The summed E-state index contributed by atoms with van der Waals surface area (Å²) >= 11 is 0. The number of nitrogens with zero attached hydrogens (tertiary/aromatic N) is 1. The highest BCUT2D eigenvalue weighted by Gasteiger charge is 2.19. The Balaban J connectivity index is 0.000000204. The summed E-state index contributed by atoms with van der Waals surface area (Å²) in [7, 11) is 0. The maximum Gasteiger partial charge on any atom is 0.293 e. The molecule has 29 heavy (non-hydrogen) atoms. The van der Waals surface area contributed by atoms with Crippen LogP contribution in [0.15, 0.2) is 66.7 Å². The number of amides is 1. The molecule has 1 aromatic heterocycles. The molecule has 1 amide bonds. The summed E-state index contributed by atoms with van der Waals surface area (Å²) in [5.74, 6) is 0.911. The minimum Gasteiger partial charge on any atom is -0.463 e. The van der Waals surface area contributed by atoms with E-state index in [4.69, 9.17) is 0 Å². The fraction of sp³-hybridized carbons (Fsp3) is 0.227. The van der Waals surface area contributed by atoms with Gasteiger partial charge in [0.2, 0.25) is 0 Å². The van der Waals surface area contributed by atoms with Crippen molar-refractivity contribution in [2.75, 3.05) is 18.4 Å². The summed E-state index contributed by atoms with van der Waals surface area (Å²) in [6.45, 7) is 2.82. The minimum absolute atomic E-state index is 0.136. The predicted molar refractivity (Wildman–Crippen MR) is 111 cm³/mol. The minimum atomic E-state index is -0.136. The van der Waals surface area contributed by atoms with Crippen molar-refractivity contribution in [1.82, 2.24) is 15.5 Å². The van der Waals surface area contributed by atoms with Crippen molar-refractivity contribution in [3.63, 3.8) is 0 Å². The number of hydrogen-bond donors (Lipinski definition) is 3. The van der Waals surface area contributed by atoms with Crippen molar-refractivity contribution in [1.29, 1.82) is 0 Å². The standard InChI is InChI=1S/C14H16N4O.C8H8O2/c19-14(10-4-2-1-3-5-10)16-13-8-12(17-18-13)11-6-7-15-9-11;9-7-10-6-8-4-2-1-3-5-8/h1-5,8,11,15H,6-7,9H2,(H2,16,17,18,19);1-5,7H,6H2. The van der Waals surface area contributed by atoms with E-state index < -0.39 is 0 Å². The van der Waals surface area contributed by atoms with Crippen LogP contribution < -0.4 is 10.6 Å². The summed E-state index contributed by atoms with van der Waals surface area (Å²) in [4.78, 5) is 21.7. The molecule has 1 aliphatic rings. The van der Waals surface area contributed by atoms with Gasteiger partial charge in [-0.2, -0.15) is 5.10 Å².